The molecule has 2 aromatic heterocycles. The number of fused-ring (bicyclic) bond motifs is 1. The molecule has 0 radical (unpaired) electrons. The van der Waals surface area contributed by atoms with Gasteiger partial charge in [0, 0.05) is 24.8 Å². The van der Waals surface area contributed by atoms with Crippen LogP contribution in [0.15, 0.2) is 12.1 Å². The quantitative estimate of drug-likeness (QED) is 0.698. The van der Waals surface area contributed by atoms with Gasteiger partial charge in [-0.3, -0.25) is 4.79 Å². The second kappa shape index (κ2) is 7.72. The Bertz CT molecular complexity index is 893. The summed E-state index contributed by atoms with van der Waals surface area (Å²) in [6.07, 6.45) is 2.73. The van der Waals surface area contributed by atoms with E-state index in [9.17, 15) is 4.79 Å². The van der Waals surface area contributed by atoms with Crippen molar-refractivity contribution in [2.75, 3.05) is 7.05 Å². The molecule has 2 aromatic rings. The molecule has 0 bridgehead atoms. The molecule has 0 aliphatic carbocycles. The fraction of sp³-hybridized carbons (Fsp3) is 0.667. The first-order chi connectivity index (χ1) is 13.5. The van der Waals surface area contributed by atoms with Crippen molar-refractivity contribution < 1.29 is 14.1 Å². The predicted molar refractivity (Wildman–Crippen MR) is 115 cm³/mol. The number of amides is 1. The van der Waals surface area contributed by atoms with Crippen LogP contribution in [0.25, 0.3) is 5.65 Å². The molecule has 8 heteroatoms. The first-order valence-corrected chi connectivity index (χ1v) is 10.5. The zero-order valence-electron chi connectivity index (χ0n) is 18.9. The highest BCUT2D eigenvalue weighted by atomic mass is 16.7. The van der Waals surface area contributed by atoms with Gasteiger partial charge >= 0.3 is 7.12 Å². The number of carbonyl (C=O) groups is 1. The van der Waals surface area contributed by atoms with Gasteiger partial charge in [-0.15, -0.1) is 0 Å². The second-order valence-corrected chi connectivity index (χ2v) is 8.97. The maximum atomic E-state index is 13.0. The van der Waals surface area contributed by atoms with E-state index in [-0.39, 0.29) is 11.9 Å². The lowest BCUT2D eigenvalue weighted by molar-refractivity contribution is 0.00578. The molecule has 1 atom stereocenters. The summed E-state index contributed by atoms with van der Waals surface area (Å²) in [7, 11) is 1.28. The largest absolute Gasteiger partial charge is 0.516 e. The Morgan fingerprint density at radius 2 is 1.83 bits per heavy atom. The number of hydrogen-bond donors (Lipinski definition) is 0. The van der Waals surface area contributed by atoms with E-state index in [1.165, 1.54) is 0 Å². The lowest BCUT2D eigenvalue weighted by Crippen LogP contribution is -2.41. The molecule has 3 rings (SSSR count). The molecule has 0 N–H and O–H groups in total. The Morgan fingerprint density at radius 1 is 1.21 bits per heavy atom. The summed E-state index contributed by atoms with van der Waals surface area (Å²) >= 11 is 0. The first kappa shape index (κ1) is 21.8. The second-order valence-electron chi connectivity index (χ2n) is 8.97. The van der Waals surface area contributed by atoms with Gasteiger partial charge in [-0.25, -0.2) is 9.50 Å². The van der Waals surface area contributed by atoms with Crippen molar-refractivity contribution in [1.82, 2.24) is 19.5 Å². The van der Waals surface area contributed by atoms with Crippen LogP contribution in [0.4, 0.5) is 0 Å². The molecule has 7 nitrogen and oxygen atoms in total. The summed E-state index contributed by atoms with van der Waals surface area (Å²) in [5.41, 5.74) is 1.80. The van der Waals surface area contributed by atoms with Gasteiger partial charge < -0.3 is 14.2 Å². The van der Waals surface area contributed by atoms with Crippen LogP contribution in [0.2, 0.25) is 0 Å². The van der Waals surface area contributed by atoms with E-state index in [1.807, 2.05) is 53.8 Å². The van der Waals surface area contributed by atoms with Gasteiger partial charge in [0.1, 0.15) is 5.69 Å². The van der Waals surface area contributed by atoms with Crippen molar-refractivity contribution in [2.45, 2.75) is 85.0 Å². The highest BCUT2D eigenvalue weighted by Crippen LogP contribution is 2.36. The minimum Gasteiger partial charge on any atom is -0.398 e. The van der Waals surface area contributed by atoms with Gasteiger partial charge in [0.25, 0.3) is 5.91 Å². The van der Waals surface area contributed by atoms with E-state index in [2.05, 4.69) is 23.9 Å². The minimum atomic E-state index is -0.558. The zero-order valence-corrected chi connectivity index (χ0v) is 18.9. The van der Waals surface area contributed by atoms with Gasteiger partial charge in [-0.2, -0.15) is 5.10 Å². The molecule has 1 aliphatic heterocycles. The van der Waals surface area contributed by atoms with Gasteiger partial charge in [0.2, 0.25) is 0 Å². The summed E-state index contributed by atoms with van der Waals surface area (Å²) in [5, 5.41) is 4.69. The van der Waals surface area contributed by atoms with Gasteiger partial charge in [0.15, 0.2) is 5.65 Å². The van der Waals surface area contributed by atoms with Crippen molar-refractivity contribution in [3.05, 3.63) is 23.5 Å². The molecule has 1 unspecified atom stereocenters. The van der Waals surface area contributed by atoms with Crippen molar-refractivity contribution in [3.63, 3.8) is 0 Å². The van der Waals surface area contributed by atoms with Crippen LogP contribution in [0.3, 0.4) is 0 Å². The molecule has 0 spiro atoms. The van der Waals surface area contributed by atoms with Crippen LogP contribution >= 0.6 is 0 Å². The number of aryl methyl sites for hydroxylation is 1. The average molecular weight is 400 g/mol. The fourth-order valence-corrected chi connectivity index (χ4v) is 3.49. The van der Waals surface area contributed by atoms with Gasteiger partial charge in [0.05, 0.1) is 16.8 Å². The van der Waals surface area contributed by atoms with Crippen molar-refractivity contribution in [1.29, 1.82) is 0 Å². The number of nitrogens with zero attached hydrogens (tertiary/aromatic N) is 4. The Morgan fingerprint density at radius 3 is 2.38 bits per heavy atom. The standard InChI is InChI=1S/C21H33BN4O3/c1-9-11-14(3)25(8)19(27)16-12-15(10-2)26-18(23-16)13-17(24-26)22-28-20(4,5)21(6,7)29-22/h12-14H,9-11H2,1-8H3. The Balaban J connectivity index is 1.96. The lowest BCUT2D eigenvalue weighted by atomic mass is 9.85. The van der Waals surface area contributed by atoms with Crippen LogP contribution in [0.1, 0.15) is 77.5 Å². The Labute approximate surface area is 173 Å². The molecule has 29 heavy (non-hydrogen) atoms. The van der Waals surface area contributed by atoms with E-state index >= 15 is 0 Å². The molecule has 158 valence electrons. The van der Waals surface area contributed by atoms with Crippen molar-refractivity contribution in [2.24, 2.45) is 0 Å². The van der Waals surface area contributed by atoms with Gasteiger partial charge in [-0.1, -0.05) is 20.3 Å². The molecule has 1 aliphatic rings. The van der Waals surface area contributed by atoms with Crippen molar-refractivity contribution >= 4 is 24.3 Å². The van der Waals surface area contributed by atoms with Crippen molar-refractivity contribution in [3.8, 4) is 0 Å². The van der Waals surface area contributed by atoms with E-state index in [0.717, 1.165) is 25.0 Å². The number of carbonyl (C=O) groups excluding carboxylic acids is 1. The smallest absolute Gasteiger partial charge is 0.398 e. The zero-order chi connectivity index (χ0) is 21.6. The average Bonchev–Trinajstić information content (AvgIpc) is 3.17. The molecular formula is C21H33BN4O3. The van der Waals surface area contributed by atoms with E-state index < -0.39 is 18.3 Å². The lowest BCUT2D eigenvalue weighted by Gasteiger charge is -2.32. The van der Waals surface area contributed by atoms with Crippen LogP contribution in [0, 0.1) is 0 Å². The summed E-state index contributed by atoms with van der Waals surface area (Å²) in [5.74, 6) is -0.0680. The number of hydrogen-bond acceptors (Lipinski definition) is 5. The number of aromatic nitrogens is 3. The van der Waals surface area contributed by atoms with Crippen LogP contribution in [-0.2, 0) is 15.7 Å². The minimum absolute atomic E-state index is 0.0680. The highest BCUT2D eigenvalue weighted by molar-refractivity contribution is 6.61. The van der Waals surface area contributed by atoms with Crippen LogP contribution in [-0.4, -0.2) is 56.8 Å². The SMILES string of the molecule is CCCC(C)N(C)C(=O)c1cc(CC)n2nc(B3OC(C)(C)C(C)(C)O3)cc2n1. The third-order valence-corrected chi connectivity index (χ3v) is 6.28. The first-order valence-electron chi connectivity index (χ1n) is 10.5. The topological polar surface area (TPSA) is 69.0 Å². The molecule has 1 fully saturated rings. The molecule has 0 aromatic carbocycles. The van der Waals surface area contributed by atoms with E-state index in [0.29, 0.717) is 16.9 Å². The van der Waals surface area contributed by atoms with Gasteiger partial charge in [-0.05, 0) is 53.5 Å². The molecule has 1 saturated heterocycles. The molecule has 3 heterocycles. The van der Waals surface area contributed by atoms with E-state index in [4.69, 9.17) is 9.31 Å². The summed E-state index contributed by atoms with van der Waals surface area (Å²) in [4.78, 5) is 19.4. The van der Waals surface area contributed by atoms with E-state index in [1.54, 1.807) is 9.42 Å². The Hall–Kier alpha value is -1.93. The molecule has 1 amide bonds. The summed E-state index contributed by atoms with van der Waals surface area (Å²) in [6.45, 7) is 14.3. The normalized spacial score (nSPS) is 19.0. The maximum Gasteiger partial charge on any atom is 0.516 e. The predicted octanol–water partition coefficient (Wildman–Crippen LogP) is 2.85. The van der Waals surface area contributed by atoms with Crippen LogP contribution in [0.5, 0.6) is 0 Å². The summed E-state index contributed by atoms with van der Waals surface area (Å²) < 4.78 is 14.0. The fourth-order valence-electron chi connectivity index (χ4n) is 3.49. The molecule has 0 saturated carbocycles. The monoisotopic (exact) mass is 400 g/mol. The molecular weight excluding hydrogens is 367 g/mol. The maximum absolute atomic E-state index is 13.0. The Kier molecular flexibility index (Phi) is 5.80. The third-order valence-electron chi connectivity index (χ3n) is 6.28. The highest BCUT2D eigenvalue weighted by Gasteiger charge is 2.52. The summed E-state index contributed by atoms with van der Waals surface area (Å²) in [6, 6.07) is 3.86. The van der Waals surface area contributed by atoms with Crippen LogP contribution < -0.4 is 5.59 Å². The number of rotatable bonds is 6. The third kappa shape index (κ3) is 3.92.